The maximum atomic E-state index is 12.6. The molecule has 6 nitrogen and oxygen atoms in total. The Kier molecular flexibility index (Phi) is 4.51. The van der Waals surface area contributed by atoms with Crippen molar-refractivity contribution in [3.05, 3.63) is 34.6 Å². The van der Waals surface area contributed by atoms with Crippen LogP contribution >= 0.6 is 11.3 Å². The molecular weight excluding hydrogens is 341 g/mol. The lowest BCUT2D eigenvalue weighted by Crippen LogP contribution is -2.32. The molecule has 1 saturated heterocycles. The fourth-order valence-electron chi connectivity index (χ4n) is 2.37. The fourth-order valence-corrected chi connectivity index (χ4v) is 3.41. The molecule has 3 rings (SSSR count). The zero-order chi connectivity index (χ0) is 17.3. The minimum atomic E-state index is -4.47. The zero-order valence-electron chi connectivity index (χ0n) is 12.5. The average Bonchev–Trinajstić information content (AvgIpc) is 3.20. The lowest BCUT2D eigenvalue weighted by atomic mass is 10.1. The van der Waals surface area contributed by atoms with Crippen molar-refractivity contribution in [3.63, 3.8) is 0 Å². The topological polar surface area (TPSA) is 85.7 Å². The van der Waals surface area contributed by atoms with Crippen molar-refractivity contribution in [1.29, 1.82) is 5.26 Å². The molecule has 3 heterocycles. The van der Waals surface area contributed by atoms with E-state index >= 15 is 0 Å². The molecule has 10 heteroatoms. The molecule has 2 aromatic rings. The Hall–Kier alpha value is -2.06. The number of hydrogen-bond donors (Lipinski definition) is 3. The van der Waals surface area contributed by atoms with Crippen LogP contribution in [-0.4, -0.2) is 16.0 Å². The number of aryl methyl sites for hydroxylation is 1. The Labute approximate surface area is 139 Å². The molecule has 3 N–H and O–H groups in total. The van der Waals surface area contributed by atoms with Gasteiger partial charge in [0.15, 0.2) is 0 Å². The maximum Gasteiger partial charge on any atom is 0.433 e. The highest BCUT2D eigenvalue weighted by atomic mass is 32.1. The van der Waals surface area contributed by atoms with E-state index in [4.69, 9.17) is 5.26 Å². The van der Waals surface area contributed by atoms with E-state index in [1.165, 1.54) is 23.6 Å². The maximum absolute atomic E-state index is 12.6. The van der Waals surface area contributed by atoms with Crippen LogP contribution in [0.4, 0.5) is 13.2 Å². The number of nitriles is 1. The molecule has 0 saturated carbocycles. The van der Waals surface area contributed by atoms with Crippen LogP contribution in [0, 0.1) is 11.3 Å². The molecule has 1 aliphatic heterocycles. The highest BCUT2D eigenvalue weighted by Gasteiger charge is 2.33. The summed E-state index contributed by atoms with van der Waals surface area (Å²) in [5, 5.41) is 9.74. The smallest absolute Gasteiger partial charge is 0.251 e. The SMILES string of the molecule is CCc1sc(-c2ccc(C(F)(F)F)nc2)nc1C1NNNC1C#N. The van der Waals surface area contributed by atoms with Crippen LogP contribution < -0.4 is 16.4 Å². The van der Waals surface area contributed by atoms with Crippen LogP contribution in [0.25, 0.3) is 10.6 Å². The first-order valence-corrected chi connectivity index (χ1v) is 7.94. The van der Waals surface area contributed by atoms with Crippen molar-refractivity contribution in [2.75, 3.05) is 0 Å². The third kappa shape index (κ3) is 3.11. The molecule has 2 atom stereocenters. The number of hydrogen-bond acceptors (Lipinski definition) is 7. The van der Waals surface area contributed by atoms with Gasteiger partial charge in [-0.2, -0.15) is 24.0 Å². The van der Waals surface area contributed by atoms with E-state index in [2.05, 4.69) is 32.4 Å². The van der Waals surface area contributed by atoms with Gasteiger partial charge in [0, 0.05) is 16.6 Å². The Bertz CT molecular complexity index is 764. The highest BCUT2D eigenvalue weighted by Crippen LogP contribution is 2.34. The van der Waals surface area contributed by atoms with E-state index in [9.17, 15) is 13.2 Å². The van der Waals surface area contributed by atoms with Crippen molar-refractivity contribution in [1.82, 2.24) is 26.4 Å². The summed E-state index contributed by atoms with van der Waals surface area (Å²) in [5.74, 6) is 0. The van der Waals surface area contributed by atoms with Gasteiger partial charge in [0.2, 0.25) is 0 Å². The second kappa shape index (κ2) is 6.45. The number of pyridine rings is 1. The summed E-state index contributed by atoms with van der Waals surface area (Å²) in [6.07, 6.45) is -2.59. The molecule has 1 fully saturated rings. The van der Waals surface area contributed by atoms with Gasteiger partial charge >= 0.3 is 6.18 Å². The molecule has 0 spiro atoms. The largest absolute Gasteiger partial charge is 0.433 e. The summed E-state index contributed by atoms with van der Waals surface area (Å²) in [6.45, 7) is 1.96. The number of alkyl halides is 3. The standard InChI is InChI=1S/C14H13F3N6S/c1-2-9-12(11-8(5-18)21-23-22-11)20-13(24-9)7-3-4-10(19-6-7)14(15,16)17/h3-4,6,8,11,21-23H,2H2,1H3. The summed E-state index contributed by atoms with van der Waals surface area (Å²) in [5.41, 5.74) is 8.71. The molecular formula is C14H13F3N6S. The van der Waals surface area contributed by atoms with Crippen LogP contribution in [0.1, 0.15) is 29.2 Å². The van der Waals surface area contributed by atoms with E-state index in [0.717, 1.165) is 10.9 Å². The van der Waals surface area contributed by atoms with Crippen LogP contribution in [0.15, 0.2) is 18.3 Å². The first kappa shape index (κ1) is 16.8. The Morgan fingerprint density at radius 1 is 1.33 bits per heavy atom. The quantitative estimate of drug-likeness (QED) is 0.784. The molecule has 126 valence electrons. The van der Waals surface area contributed by atoms with Gasteiger partial charge in [-0.25, -0.2) is 15.8 Å². The van der Waals surface area contributed by atoms with Gasteiger partial charge in [-0.05, 0) is 18.6 Å². The van der Waals surface area contributed by atoms with Gasteiger partial charge < -0.3 is 0 Å². The van der Waals surface area contributed by atoms with E-state index in [1.807, 2.05) is 6.92 Å². The summed E-state index contributed by atoms with van der Waals surface area (Å²) >= 11 is 1.39. The summed E-state index contributed by atoms with van der Waals surface area (Å²) in [6, 6.07) is 3.60. The Morgan fingerprint density at radius 2 is 2.12 bits per heavy atom. The van der Waals surface area contributed by atoms with Gasteiger partial charge in [-0.3, -0.25) is 4.98 Å². The molecule has 0 radical (unpaired) electrons. The minimum absolute atomic E-state index is 0.336. The van der Waals surface area contributed by atoms with E-state index < -0.39 is 17.9 Å². The fraction of sp³-hybridized carbons (Fsp3) is 0.357. The third-order valence-corrected chi connectivity index (χ3v) is 4.84. The van der Waals surface area contributed by atoms with Gasteiger partial charge in [-0.15, -0.1) is 11.3 Å². The molecule has 1 aliphatic rings. The highest BCUT2D eigenvalue weighted by molar-refractivity contribution is 7.15. The second-order valence-electron chi connectivity index (χ2n) is 5.11. The normalized spacial score (nSPS) is 21.0. The Morgan fingerprint density at radius 3 is 2.71 bits per heavy atom. The monoisotopic (exact) mass is 354 g/mol. The first-order chi connectivity index (χ1) is 11.4. The first-order valence-electron chi connectivity index (χ1n) is 7.13. The number of aromatic nitrogens is 2. The molecule has 0 aromatic carbocycles. The van der Waals surface area contributed by atoms with Gasteiger partial charge in [0.05, 0.1) is 17.8 Å². The van der Waals surface area contributed by atoms with Gasteiger partial charge in [-0.1, -0.05) is 6.92 Å². The van der Waals surface area contributed by atoms with Gasteiger partial charge in [0.25, 0.3) is 0 Å². The number of halogens is 3. The minimum Gasteiger partial charge on any atom is -0.251 e. The van der Waals surface area contributed by atoms with Crippen molar-refractivity contribution in [2.45, 2.75) is 31.6 Å². The number of nitrogens with one attached hydrogen (secondary N) is 3. The molecule has 2 unspecified atom stereocenters. The van der Waals surface area contributed by atoms with Crippen LogP contribution in [-0.2, 0) is 12.6 Å². The molecule has 0 amide bonds. The third-order valence-electron chi connectivity index (χ3n) is 3.57. The predicted molar refractivity (Wildman–Crippen MR) is 81.3 cm³/mol. The molecule has 24 heavy (non-hydrogen) atoms. The lowest BCUT2D eigenvalue weighted by Gasteiger charge is -2.10. The van der Waals surface area contributed by atoms with Crippen LogP contribution in [0.3, 0.4) is 0 Å². The van der Waals surface area contributed by atoms with E-state index in [0.29, 0.717) is 22.7 Å². The van der Waals surface area contributed by atoms with Crippen molar-refractivity contribution >= 4 is 11.3 Å². The summed E-state index contributed by atoms with van der Waals surface area (Å²) in [7, 11) is 0. The molecule has 2 aromatic heterocycles. The van der Waals surface area contributed by atoms with E-state index in [-0.39, 0.29) is 6.04 Å². The van der Waals surface area contributed by atoms with Crippen molar-refractivity contribution in [2.24, 2.45) is 0 Å². The average molecular weight is 354 g/mol. The number of rotatable bonds is 3. The number of thiazole rings is 1. The summed E-state index contributed by atoms with van der Waals surface area (Å²) in [4.78, 5) is 8.96. The second-order valence-corrected chi connectivity index (χ2v) is 6.19. The Balaban J connectivity index is 1.94. The predicted octanol–water partition coefficient (Wildman–Crippen LogP) is 2.33. The molecule has 0 aliphatic carbocycles. The van der Waals surface area contributed by atoms with Crippen LogP contribution in [0.5, 0.6) is 0 Å². The van der Waals surface area contributed by atoms with Crippen LogP contribution in [0.2, 0.25) is 0 Å². The summed E-state index contributed by atoms with van der Waals surface area (Å²) < 4.78 is 37.8. The van der Waals surface area contributed by atoms with Gasteiger partial charge in [0.1, 0.15) is 16.7 Å². The van der Waals surface area contributed by atoms with Crippen molar-refractivity contribution < 1.29 is 13.2 Å². The zero-order valence-corrected chi connectivity index (χ0v) is 13.3. The van der Waals surface area contributed by atoms with Crippen molar-refractivity contribution in [3.8, 4) is 16.6 Å². The molecule has 0 bridgehead atoms. The number of hydrazine groups is 2. The van der Waals surface area contributed by atoms with E-state index in [1.54, 1.807) is 0 Å². The number of nitrogens with zero attached hydrogens (tertiary/aromatic N) is 3. The lowest BCUT2D eigenvalue weighted by molar-refractivity contribution is -0.141.